The van der Waals surface area contributed by atoms with Gasteiger partial charge in [-0.25, -0.2) is 0 Å². The Labute approximate surface area is 124 Å². The van der Waals surface area contributed by atoms with Crippen LogP contribution in [0.1, 0.15) is 18.6 Å². The maximum atomic E-state index is 10.9. The minimum absolute atomic E-state index is 0.0722. The van der Waals surface area contributed by atoms with E-state index in [1.807, 2.05) is 0 Å². The fraction of sp³-hybridized carbons (Fsp3) is 0.143. The highest BCUT2D eigenvalue weighted by atomic mass is 79.9. The lowest BCUT2D eigenvalue weighted by molar-refractivity contribution is -0.385. The molecule has 0 aliphatic heterocycles. The molecule has 5 nitrogen and oxygen atoms in total. The molecule has 0 aromatic heterocycles. The number of aliphatic hydroxyl groups is 1. The topological polar surface area (TPSA) is 72.6 Å². The average molecular weight is 338 g/mol. The number of hydrogen-bond donors (Lipinski definition) is 1. The second-order valence-electron chi connectivity index (χ2n) is 4.16. The number of nitrogens with zero attached hydrogens (tertiary/aromatic N) is 1. The monoisotopic (exact) mass is 337 g/mol. The Morgan fingerprint density at radius 1 is 1.20 bits per heavy atom. The SMILES string of the molecule is CC(O)c1ccccc1Oc1cccc([N+](=O)[O-])c1Br. The summed E-state index contributed by atoms with van der Waals surface area (Å²) >= 11 is 3.17. The van der Waals surface area contributed by atoms with Crippen molar-refractivity contribution >= 4 is 21.6 Å². The highest BCUT2D eigenvalue weighted by Crippen LogP contribution is 2.38. The van der Waals surface area contributed by atoms with Gasteiger partial charge in [-0.05, 0) is 35.0 Å². The van der Waals surface area contributed by atoms with Gasteiger partial charge in [0.05, 0.1) is 11.0 Å². The molecule has 1 atom stereocenters. The van der Waals surface area contributed by atoms with E-state index in [4.69, 9.17) is 4.74 Å². The lowest BCUT2D eigenvalue weighted by Crippen LogP contribution is -1.97. The zero-order valence-electron chi connectivity index (χ0n) is 10.6. The molecule has 0 radical (unpaired) electrons. The number of aliphatic hydroxyl groups excluding tert-OH is 1. The second kappa shape index (κ2) is 6.02. The third kappa shape index (κ3) is 2.97. The third-order valence-electron chi connectivity index (χ3n) is 2.73. The first kappa shape index (κ1) is 14.5. The van der Waals surface area contributed by atoms with Crippen molar-refractivity contribution < 1.29 is 14.8 Å². The van der Waals surface area contributed by atoms with Crippen molar-refractivity contribution in [3.05, 3.63) is 62.6 Å². The van der Waals surface area contributed by atoms with E-state index in [0.29, 0.717) is 17.1 Å². The first-order chi connectivity index (χ1) is 9.50. The fourth-order valence-electron chi connectivity index (χ4n) is 1.76. The van der Waals surface area contributed by atoms with Gasteiger partial charge in [0, 0.05) is 11.6 Å². The molecular formula is C14H12BrNO4. The molecule has 6 heteroatoms. The number of benzene rings is 2. The maximum Gasteiger partial charge on any atom is 0.287 e. The van der Waals surface area contributed by atoms with Crippen molar-refractivity contribution in [2.45, 2.75) is 13.0 Å². The summed E-state index contributed by atoms with van der Waals surface area (Å²) in [6.07, 6.45) is -0.691. The first-order valence-electron chi connectivity index (χ1n) is 5.88. The zero-order valence-corrected chi connectivity index (χ0v) is 12.2. The number of halogens is 1. The average Bonchev–Trinajstić information content (AvgIpc) is 2.41. The van der Waals surface area contributed by atoms with Crippen LogP contribution in [0.15, 0.2) is 46.9 Å². The normalized spacial score (nSPS) is 11.9. The summed E-state index contributed by atoms with van der Waals surface area (Å²) in [6.45, 7) is 1.63. The highest BCUT2D eigenvalue weighted by molar-refractivity contribution is 9.10. The third-order valence-corrected chi connectivity index (χ3v) is 3.53. The predicted molar refractivity (Wildman–Crippen MR) is 77.9 cm³/mol. The summed E-state index contributed by atoms with van der Waals surface area (Å²) in [5.41, 5.74) is 0.544. The summed E-state index contributed by atoms with van der Waals surface area (Å²) in [5, 5.41) is 20.6. The Morgan fingerprint density at radius 3 is 2.50 bits per heavy atom. The van der Waals surface area contributed by atoms with Crippen LogP contribution >= 0.6 is 15.9 Å². The maximum absolute atomic E-state index is 10.9. The minimum Gasteiger partial charge on any atom is -0.456 e. The highest BCUT2D eigenvalue weighted by Gasteiger charge is 2.17. The number of hydrogen-bond acceptors (Lipinski definition) is 4. The molecule has 0 saturated carbocycles. The predicted octanol–water partition coefficient (Wildman–Crippen LogP) is 4.20. The van der Waals surface area contributed by atoms with Crippen LogP contribution in [-0.2, 0) is 0 Å². The van der Waals surface area contributed by atoms with Gasteiger partial charge in [0.2, 0.25) is 0 Å². The van der Waals surface area contributed by atoms with Gasteiger partial charge in [-0.15, -0.1) is 0 Å². The number of rotatable bonds is 4. The van der Waals surface area contributed by atoms with Gasteiger partial charge in [0.15, 0.2) is 0 Å². The molecule has 0 spiro atoms. The summed E-state index contributed by atoms with van der Waals surface area (Å²) in [4.78, 5) is 10.4. The Balaban J connectivity index is 2.41. The van der Waals surface area contributed by atoms with E-state index >= 15 is 0 Å². The van der Waals surface area contributed by atoms with Gasteiger partial charge in [-0.1, -0.05) is 24.3 Å². The van der Waals surface area contributed by atoms with Crippen LogP contribution in [0.5, 0.6) is 11.5 Å². The quantitative estimate of drug-likeness (QED) is 0.670. The number of ether oxygens (including phenoxy) is 1. The van der Waals surface area contributed by atoms with Gasteiger partial charge in [-0.3, -0.25) is 10.1 Å². The van der Waals surface area contributed by atoms with Crippen LogP contribution < -0.4 is 4.74 Å². The van der Waals surface area contributed by atoms with Crippen molar-refractivity contribution in [2.75, 3.05) is 0 Å². The first-order valence-corrected chi connectivity index (χ1v) is 6.67. The number of nitro groups is 1. The van der Waals surface area contributed by atoms with Crippen LogP contribution in [0.3, 0.4) is 0 Å². The Bertz CT molecular complexity index is 643. The van der Waals surface area contributed by atoms with Crippen LogP contribution in [0.25, 0.3) is 0 Å². The largest absolute Gasteiger partial charge is 0.456 e. The van der Waals surface area contributed by atoms with Crippen LogP contribution in [0.2, 0.25) is 0 Å². The zero-order chi connectivity index (χ0) is 14.7. The number of nitro benzene ring substituents is 1. The van der Waals surface area contributed by atoms with Crippen molar-refractivity contribution in [3.63, 3.8) is 0 Å². The molecule has 0 heterocycles. The second-order valence-corrected chi connectivity index (χ2v) is 4.96. The van der Waals surface area contributed by atoms with E-state index in [-0.39, 0.29) is 10.2 Å². The molecule has 104 valence electrons. The van der Waals surface area contributed by atoms with E-state index in [0.717, 1.165) is 0 Å². The molecule has 0 aliphatic rings. The molecule has 0 saturated heterocycles. The molecule has 2 rings (SSSR count). The number of para-hydroxylation sites is 1. The van der Waals surface area contributed by atoms with Crippen molar-refractivity contribution in [2.24, 2.45) is 0 Å². The van der Waals surface area contributed by atoms with E-state index < -0.39 is 11.0 Å². The molecule has 1 N–H and O–H groups in total. The summed E-state index contributed by atoms with van der Waals surface area (Å²) < 4.78 is 5.95. The standard InChI is InChI=1S/C14H12BrNO4/c1-9(17)10-5-2-3-7-12(10)20-13-8-4-6-11(14(13)15)16(18)19/h2-9,17H,1H3. The Morgan fingerprint density at radius 2 is 1.85 bits per heavy atom. The molecule has 20 heavy (non-hydrogen) atoms. The molecule has 2 aromatic rings. The van der Waals surface area contributed by atoms with E-state index in [1.54, 1.807) is 43.3 Å². The summed E-state index contributed by atoms with van der Waals surface area (Å²) in [5.74, 6) is 0.788. The van der Waals surface area contributed by atoms with Gasteiger partial charge >= 0.3 is 0 Å². The fourth-order valence-corrected chi connectivity index (χ4v) is 2.25. The Kier molecular flexibility index (Phi) is 4.36. The van der Waals surface area contributed by atoms with Gasteiger partial charge in [0.1, 0.15) is 16.0 Å². The Hall–Kier alpha value is -1.92. The van der Waals surface area contributed by atoms with Crippen molar-refractivity contribution in [1.82, 2.24) is 0 Å². The van der Waals surface area contributed by atoms with Crippen LogP contribution in [-0.4, -0.2) is 10.0 Å². The summed E-state index contributed by atoms with van der Waals surface area (Å²) in [7, 11) is 0. The van der Waals surface area contributed by atoms with E-state index in [1.165, 1.54) is 6.07 Å². The molecule has 0 aliphatic carbocycles. The molecule has 1 unspecified atom stereocenters. The smallest absolute Gasteiger partial charge is 0.287 e. The molecule has 0 amide bonds. The molecular weight excluding hydrogens is 326 g/mol. The van der Waals surface area contributed by atoms with Gasteiger partial charge in [0.25, 0.3) is 5.69 Å². The van der Waals surface area contributed by atoms with Gasteiger partial charge < -0.3 is 9.84 Å². The van der Waals surface area contributed by atoms with Crippen LogP contribution in [0, 0.1) is 10.1 Å². The molecule has 0 bridgehead atoms. The van der Waals surface area contributed by atoms with Crippen LogP contribution in [0.4, 0.5) is 5.69 Å². The van der Waals surface area contributed by atoms with E-state index in [2.05, 4.69) is 15.9 Å². The van der Waals surface area contributed by atoms with Crippen molar-refractivity contribution in [3.8, 4) is 11.5 Å². The lowest BCUT2D eigenvalue weighted by atomic mass is 10.1. The van der Waals surface area contributed by atoms with Gasteiger partial charge in [-0.2, -0.15) is 0 Å². The molecule has 2 aromatic carbocycles. The minimum atomic E-state index is -0.691. The van der Waals surface area contributed by atoms with Crippen molar-refractivity contribution in [1.29, 1.82) is 0 Å². The lowest BCUT2D eigenvalue weighted by Gasteiger charge is -2.13. The summed E-state index contributed by atoms with van der Waals surface area (Å²) in [6, 6.07) is 11.6. The molecule has 0 fully saturated rings. The van der Waals surface area contributed by atoms with E-state index in [9.17, 15) is 15.2 Å².